The Bertz CT molecular complexity index is 1580. The van der Waals surface area contributed by atoms with E-state index in [0.717, 1.165) is 38.8 Å². The summed E-state index contributed by atoms with van der Waals surface area (Å²) in [6, 6.07) is 24.6. The maximum atomic E-state index is 6.34. The summed E-state index contributed by atoms with van der Waals surface area (Å²) in [4.78, 5) is 8.83. The minimum atomic E-state index is -0.0418. The van der Waals surface area contributed by atoms with Gasteiger partial charge in [0, 0.05) is 40.2 Å². The van der Waals surface area contributed by atoms with Gasteiger partial charge in [-0.15, -0.1) is 0 Å². The maximum absolute atomic E-state index is 6.34. The molecule has 0 fully saturated rings. The van der Waals surface area contributed by atoms with Crippen molar-refractivity contribution in [2.75, 3.05) is 0 Å². The zero-order valence-corrected chi connectivity index (χ0v) is 18.9. The second-order valence-electron chi connectivity index (χ2n) is 7.96. The third-order valence-corrected chi connectivity index (χ3v) is 6.46. The standard InChI is InChI=1S/C27H18Cl2N4/c28-21-7-4-18(5-8-21)27(32-12-10-30-17-32)20-6-9-25-24(15-20)23(16-26-31-11-13-33(25)26)19-2-1-3-22(29)14-19/h1-17,27H. The number of nitrogens with zero attached hydrogens (tertiary/aromatic N) is 4. The van der Waals surface area contributed by atoms with Crippen molar-refractivity contribution in [3.05, 3.63) is 125 Å². The summed E-state index contributed by atoms with van der Waals surface area (Å²) in [5.41, 5.74) is 6.41. The van der Waals surface area contributed by atoms with Crippen molar-refractivity contribution in [2.45, 2.75) is 6.04 Å². The molecule has 160 valence electrons. The first-order valence-electron chi connectivity index (χ1n) is 10.6. The van der Waals surface area contributed by atoms with Gasteiger partial charge in [-0.3, -0.25) is 4.40 Å². The minimum Gasteiger partial charge on any atom is -0.326 e. The molecular weight excluding hydrogens is 451 g/mol. The number of imidazole rings is 2. The van der Waals surface area contributed by atoms with E-state index >= 15 is 0 Å². The van der Waals surface area contributed by atoms with Crippen LogP contribution in [0.3, 0.4) is 0 Å². The molecule has 0 aliphatic heterocycles. The first kappa shape index (κ1) is 20.0. The zero-order chi connectivity index (χ0) is 22.4. The normalized spacial score (nSPS) is 12.4. The lowest BCUT2D eigenvalue weighted by atomic mass is 9.94. The molecule has 6 aromatic rings. The van der Waals surface area contributed by atoms with Crippen molar-refractivity contribution in [1.82, 2.24) is 18.9 Å². The third-order valence-electron chi connectivity index (χ3n) is 5.97. The van der Waals surface area contributed by atoms with Crippen LogP contribution in [-0.4, -0.2) is 18.9 Å². The van der Waals surface area contributed by atoms with Gasteiger partial charge in [-0.1, -0.05) is 53.5 Å². The van der Waals surface area contributed by atoms with Crippen molar-refractivity contribution in [3.8, 4) is 11.1 Å². The Labute approximate surface area is 200 Å². The maximum Gasteiger partial charge on any atom is 0.137 e. The van der Waals surface area contributed by atoms with Crippen LogP contribution in [0.5, 0.6) is 0 Å². The molecule has 3 aromatic carbocycles. The fourth-order valence-corrected chi connectivity index (χ4v) is 4.80. The van der Waals surface area contributed by atoms with Crippen LogP contribution in [-0.2, 0) is 0 Å². The number of hydrogen-bond donors (Lipinski definition) is 0. The molecule has 0 radical (unpaired) electrons. The number of aromatic nitrogens is 4. The number of fused-ring (bicyclic) bond motifs is 3. The second kappa shape index (κ2) is 8.07. The quantitative estimate of drug-likeness (QED) is 0.272. The van der Waals surface area contributed by atoms with E-state index in [-0.39, 0.29) is 6.04 Å². The van der Waals surface area contributed by atoms with Gasteiger partial charge < -0.3 is 4.57 Å². The highest BCUT2D eigenvalue weighted by molar-refractivity contribution is 6.31. The average Bonchev–Trinajstić information content (AvgIpc) is 3.52. The van der Waals surface area contributed by atoms with E-state index in [1.54, 1.807) is 6.20 Å². The fourth-order valence-electron chi connectivity index (χ4n) is 4.48. The molecule has 3 aromatic heterocycles. The van der Waals surface area contributed by atoms with Gasteiger partial charge >= 0.3 is 0 Å². The van der Waals surface area contributed by atoms with Crippen molar-refractivity contribution < 1.29 is 0 Å². The first-order valence-corrected chi connectivity index (χ1v) is 11.3. The van der Waals surface area contributed by atoms with E-state index in [1.807, 2.05) is 55.2 Å². The molecule has 0 spiro atoms. The largest absolute Gasteiger partial charge is 0.326 e. The Kier molecular flexibility index (Phi) is 4.90. The van der Waals surface area contributed by atoms with Gasteiger partial charge in [0.05, 0.1) is 17.9 Å². The fraction of sp³-hybridized carbons (Fsp3) is 0.0370. The molecule has 6 heteroatoms. The number of halogens is 2. The Balaban J connectivity index is 1.63. The molecule has 33 heavy (non-hydrogen) atoms. The molecular formula is C27H18Cl2N4. The Morgan fingerprint density at radius 1 is 0.758 bits per heavy atom. The van der Waals surface area contributed by atoms with Gasteiger partial charge in [-0.25, -0.2) is 9.97 Å². The zero-order valence-electron chi connectivity index (χ0n) is 17.4. The van der Waals surface area contributed by atoms with Gasteiger partial charge in [0.1, 0.15) is 5.65 Å². The van der Waals surface area contributed by atoms with E-state index in [1.165, 1.54) is 0 Å². The van der Waals surface area contributed by atoms with E-state index < -0.39 is 0 Å². The molecule has 1 atom stereocenters. The van der Waals surface area contributed by atoms with E-state index in [9.17, 15) is 0 Å². The average molecular weight is 469 g/mol. The summed E-state index contributed by atoms with van der Waals surface area (Å²) in [5.74, 6) is 0. The highest BCUT2D eigenvalue weighted by atomic mass is 35.5. The summed E-state index contributed by atoms with van der Waals surface area (Å²) in [6.45, 7) is 0. The molecule has 6 rings (SSSR count). The summed E-state index contributed by atoms with van der Waals surface area (Å²) in [7, 11) is 0. The van der Waals surface area contributed by atoms with Gasteiger partial charge in [-0.2, -0.15) is 0 Å². The Morgan fingerprint density at radius 2 is 1.61 bits per heavy atom. The van der Waals surface area contributed by atoms with Crippen LogP contribution in [0, 0.1) is 0 Å². The molecule has 0 aliphatic carbocycles. The second-order valence-corrected chi connectivity index (χ2v) is 8.84. The van der Waals surface area contributed by atoms with Crippen LogP contribution in [0.4, 0.5) is 0 Å². The topological polar surface area (TPSA) is 35.1 Å². The predicted molar refractivity (Wildman–Crippen MR) is 134 cm³/mol. The monoisotopic (exact) mass is 468 g/mol. The van der Waals surface area contributed by atoms with Gasteiger partial charge in [0.25, 0.3) is 0 Å². The number of pyridine rings is 1. The summed E-state index contributed by atoms with van der Waals surface area (Å²) in [6.07, 6.45) is 9.45. The lowest BCUT2D eigenvalue weighted by Crippen LogP contribution is -2.10. The molecule has 0 bridgehead atoms. The van der Waals surface area contributed by atoms with Crippen LogP contribution in [0.2, 0.25) is 10.0 Å². The molecule has 0 aliphatic rings. The van der Waals surface area contributed by atoms with Gasteiger partial charge in [0.15, 0.2) is 0 Å². The Morgan fingerprint density at radius 3 is 2.39 bits per heavy atom. The van der Waals surface area contributed by atoms with E-state index in [0.29, 0.717) is 10.0 Å². The summed E-state index contributed by atoms with van der Waals surface area (Å²) >= 11 is 12.5. The predicted octanol–water partition coefficient (Wildman–Crippen LogP) is 7.30. The van der Waals surface area contributed by atoms with Crippen LogP contribution in [0.25, 0.3) is 27.7 Å². The third kappa shape index (κ3) is 3.58. The summed E-state index contributed by atoms with van der Waals surface area (Å²) in [5, 5.41) is 2.55. The molecule has 0 saturated heterocycles. The number of benzene rings is 3. The first-order chi connectivity index (χ1) is 16.2. The highest BCUT2D eigenvalue weighted by Gasteiger charge is 2.18. The minimum absolute atomic E-state index is 0.0418. The van der Waals surface area contributed by atoms with Crippen LogP contribution >= 0.6 is 23.2 Å². The van der Waals surface area contributed by atoms with Crippen molar-refractivity contribution in [3.63, 3.8) is 0 Å². The van der Waals surface area contributed by atoms with Crippen molar-refractivity contribution in [1.29, 1.82) is 0 Å². The number of hydrogen-bond acceptors (Lipinski definition) is 2. The SMILES string of the molecule is Clc1ccc(C(c2ccc3c(c2)c(-c2cccc(Cl)c2)cc2nccn23)n2ccnc2)cc1. The van der Waals surface area contributed by atoms with Crippen LogP contribution in [0.15, 0.2) is 104 Å². The molecule has 0 N–H and O–H groups in total. The van der Waals surface area contributed by atoms with Crippen molar-refractivity contribution >= 4 is 39.8 Å². The summed E-state index contributed by atoms with van der Waals surface area (Å²) < 4.78 is 4.22. The highest BCUT2D eigenvalue weighted by Crippen LogP contribution is 2.35. The van der Waals surface area contributed by atoms with Crippen molar-refractivity contribution in [2.24, 2.45) is 0 Å². The van der Waals surface area contributed by atoms with E-state index in [2.05, 4.69) is 61.4 Å². The Hall–Kier alpha value is -3.60. The molecule has 0 amide bonds. The lowest BCUT2D eigenvalue weighted by Gasteiger charge is -2.21. The molecule has 1 unspecified atom stereocenters. The van der Waals surface area contributed by atoms with Gasteiger partial charge in [-0.05, 0) is 64.7 Å². The van der Waals surface area contributed by atoms with Crippen LogP contribution < -0.4 is 0 Å². The van der Waals surface area contributed by atoms with E-state index in [4.69, 9.17) is 23.2 Å². The molecule has 4 nitrogen and oxygen atoms in total. The smallest absolute Gasteiger partial charge is 0.137 e. The molecule has 0 saturated carbocycles. The lowest BCUT2D eigenvalue weighted by molar-refractivity contribution is 0.677. The number of rotatable bonds is 4. The van der Waals surface area contributed by atoms with Crippen LogP contribution in [0.1, 0.15) is 17.2 Å². The van der Waals surface area contributed by atoms with Gasteiger partial charge in [0.2, 0.25) is 0 Å². The molecule has 3 heterocycles.